The summed E-state index contributed by atoms with van der Waals surface area (Å²) in [6, 6.07) is 10.1. The lowest BCUT2D eigenvalue weighted by Gasteiger charge is -2.06. The van der Waals surface area contributed by atoms with Crippen molar-refractivity contribution in [3.63, 3.8) is 0 Å². The van der Waals surface area contributed by atoms with E-state index in [1.807, 2.05) is 31.2 Å². The van der Waals surface area contributed by atoms with Crippen molar-refractivity contribution in [2.45, 2.75) is 27.2 Å². The SMILES string of the molecule is CCCNc1cc(C)nc2nc(-c3ccccc3C)nn12. The average molecular weight is 281 g/mol. The van der Waals surface area contributed by atoms with E-state index in [0.29, 0.717) is 11.6 Å². The molecule has 3 rings (SSSR count). The van der Waals surface area contributed by atoms with Gasteiger partial charge in [-0.05, 0) is 25.8 Å². The Kier molecular flexibility index (Phi) is 3.56. The molecule has 0 saturated carbocycles. The van der Waals surface area contributed by atoms with E-state index in [2.05, 4.69) is 40.3 Å². The van der Waals surface area contributed by atoms with Crippen molar-refractivity contribution in [2.24, 2.45) is 0 Å². The third-order valence-corrected chi connectivity index (χ3v) is 3.38. The number of aromatic nitrogens is 4. The van der Waals surface area contributed by atoms with Crippen LogP contribution in [0.5, 0.6) is 0 Å². The highest BCUT2D eigenvalue weighted by Gasteiger charge is 2.12. The zero-order chi connectivity index (χ0) is 14.8. The van der Waals surface area contributed by atoms with Gasteiger partial charge in [-0.3, -0.25) is 0 Å². The number of hydrogen-bond donors (Lipinski definition) is 1. The molecule has 0 spiro atoms. The molecule has 2 aromatic heterocycles. The van der Waals surface area contributed by atoms with Crippen LogP contribution in [-0.4, -0.2) is 26.1 Å². The maximum Gasteiger partial charge on any atom is 0.254 e. The molecule has 0 amide bonds. The number of benzene rings is 1. The second-order valence-electron chi connectivity index (χ2n) is 5.17. The molecule has 0 aliphatic carbocycles. The molecule has 0 aliphatic heterocycles. The highest BCUT2D eigenvalue weighted by molar-refractivity contribution is 5.62. The van der Waals surface area contributed by atoms with Gasteiger partial charge in [0.25, 0.3) is 5.78 Å². The summed E-state index contributed by atoms with van der Waals surface area (Å²) in [6.45, 7) is 7.08. The first-order chi connectivity index (χ1) is 10.2. The number of hydrogen-bond acceptors (Lipinski definition) is 4. The van der Waals surface area contributed by atoms with Gasteiger partial charge in [-0.15, -0.1) is 5.10 Å². The van der Waals surface area contributed by atoms with Crippen molar-refractivity contribution in [2.75, 3.05) is 11.9 Å². The predicted molar refractivity (Wildman–Crippen MR) is 84.5 cm³/mol. The molecule has 5 nitrogen and oxygen atoms in total. The van der Waals surface area contributed by atoms with Crippen LogP contribution in [0.15, 0.2) is 30.3 Å². The Bertz CT molecular complexity index is 775. The van der Waals surface area contributed by atoms with Crippen LogP contribution in [0, 0.1) is 13.8 Å². The average Bonchev–Trinajstić information content (AvgIpc) is 2.88. The van der Waals surface area contributed by atoms with Crippen LogP contribution in [0.3, 0.4) is 0 Å². The molecule has 0 saturated heterocycles. The van der Waals surface area contributed by atoms with Crippen LogP contribution in [0.1, 0.15) is 24.6 Å². The maximum atomic E-state index is 4.62. The number of nitrogens with zero attached hydrogens (tertiary/aromatic N) is 4. The van der Waals surface area contributed by atoms with E-state index >= 15 is 0 Å². The van der Waals surface area contributed by atoms with Crippen molar-refractivity contribution < 1.29 is 0 Å². The second-order valence-corrected chi connectivity index (χ2v) is 5.17. The zero-order valence-corrected chi connectivity index (χ0v) is 12.6. The summed E-state index contributed by atoms with van der Waals surface area (Å²) in [4.78, 5) is 9.04. The molecule has 3 aromatic rings. The van der Waals surface area contributed by atoms with Gasteiger partial charge >= 0.3 is 0 Å². The second kappa shape index (κ2) is 5.52. The van der Waals surface area contributed by atoms with Crippen molar-refractivity contribution in [1.29, 1.82) is 0 Å². The largest absolute Gasteiger partial charge is 0.370 e. The monoisotopic (exact) mass is 281 g/mol. The first-order valence-electron chi connectivity index (χ1n) is 7.23. The third kappa shape index (κ3) is 2.59. The lowest BCUT2D eigenvalue weighted by Crippen LogP contribution is -2.07. The molecule has 0 radical (unpaired) electrons. The van der Waals surface area contributed by atoms with E-state index in [-0.39, 0.29) is 0 Å². The van der Waals surface area contributed by atoms with Crippen LogP contribution >= 0.6 is 0 Å². The molecule has 1 N–H and O–H groups in total. The van der Waals surface area contributed by atoms with Crippen molar-refractivity contribution >= 4 is 11.6 Å². The zero-order valence-electron chi connectivity index (χ0n) is 12.6. The lowest BCUT2D eigenvalue weighted by atomic mass is 10.1. The fourth-order valence-corrected chi connectivity index (χ4v) is 2.30. The van der Waals surface area contributed by atoms with E-state index in [4.69, 9.17) is 0 Å². The molecular weight excluding hydrogens is 262 g/mol. The molecule has 21 heavy (non-hydrogen) atoms. The molecule has 0 unspecified atom stereocenters. The number of nitrogens with one attached hydrogen (secondary N) is 1. The van der Waals surface area contributed by atoms with Crippen molar-refractivity contribution in [1.82, 2.24) is 19.6 Å². The third-order valence-electron chi connectivity index (χ3n) is 3.38. The van der Waals surface area contributed by atoms with Gasteiger partial charge in [0.2, 0.25) is 0 Å². The molecule has 0 fully saturated rings. The van der Waals surface area contributed by atoms with Gasteiger partial charge < -0.3 is 5.32 Å². The fourth-order valence-electron chi connectivity index (χ4n) is 2.30. The molecule has 2 heterocycles. The Morgan fingerprint density at radius 2 is 1.95 bits per heavy atom. The Hall–Kier alpha value is -2.43. The van der Waals surface area contributed by atoms with Crippen LogP contribution in [0.25, 0.3) is 17.2 Å². The molecule has 1 aromatic carbocycles. The summed E-state index contributed by atoms with van der Waals surface area (Å²) in [5, 5.41) is 8.00. The lowest BCUT2D eigenvalue weighted by molar-refractivity contribution is 0.898. The molecule has 0 atom stereocenters. The Labute approximate surface area is 124 Å². The maximum absolute atomic E-state index is 4.62. The minimum Gasteiger partial charge on any atom is -0.370 e. The first kappa shape index (κ1) is 13.5. The first-order valence-corrected chi connectivity index (χ1v) is 7.23. The normalized spacial score (nSPS) is 11.0. The van der Waals surface area contributed by atoms with E-state index in [1.165, 1.54) is 0 Å². The van der Waals surface area contributed by atoms with Gasteiger partial charge in [-0.2, -0.15) is 9.50 Å². The minimum atomic E-state index is 0.631. The molecule has 0 bridgehead atoms. The van der Waals surface area contributed by atoms with Gasteiger partial charge in [-0.1, -0.05) is 31.2 Å². The molecular formula is C16H19N5. The summed E-state index contributed by atoms with van der Waals surface area (Å²) in [6.07, 6.45) is 1.06. The van der Waals surface area contributed by atoms with E-state index < -0.39 is 0 Å². The minimum absolute atomic E-state index is 0.631. The highest BCUT2D eigenvalue weighted by Crippen LogP contribution is 2.21. The van der Waals surface area contributed by atoms with E-state index in [0.717, 1.165) is 35.6 Å². The van der Waals surface area contributed by atoms with E-state index in [1.54, 1.807) is 4.52 Å². The summed E-state index contributed by atoms with van der Waals surface area (Å²) in [5.74, 6) is 2.28. The Morgan fingerprint density at radius 3 is 2.71 bits per heavy atom. The Morgan fingerprint density at radius 1 is 1.14 bits per heavy atom. The number of anilines is 1. The van der Waals surface area contributed by atoms with Crippen LogP contribution in [-0.2, 0) is 0 Å². The quantitative estimate of drug-likeness (QED) is 0.797. The highest BCUT2D eigenvalue weighted by atomic mass is 15.4. The van der Waals surface area contributed by atoms with Crippen LogP contribution in [0.2, 0.25) is 0 Å². The topological polar surface area (TPSA) is 55.1 Å². The fraction of sp³-hybridized carbons (Fsp3) is 0.312. The molecule has 108 valence electrons. The Balaban J connectivity index is 2.13. The number of fused-ring (bicyclic) bond motifs is 1. The summed E-state index contributed by atoms with van der Waals surface area (Å²) >= 11 is 0. The molecule has 5 heteroatoms. The predicted octanol–water partition coefficient (Wildman–Crippen LogP) is 3.23. The van der Waals surface area contributed by atoms with E-state index in [9.17, 15) is 0 Å². The van der Waals surface area contributed by atoms with Gasteiger partial charge in [0.05, 0.1) is 0 Å². The molecule has 0 aliphatic rings. The van der Waals surface area contributed by atoms with Crippen LogP contribution < -0.4 is 5.32 Å². The van der Waals surface area contributed by atoms with Gasteiger partial charge in [-0.25, -0.2) is 4.98 Å². The number of aryl methyl sites for hydroxylation is 2. The number of rotatable bonds is 4. The summed E-state index contributed by atoms with van der Waals surface area (Å²) < 4.78 is 1.78. The van der Waals surface area contributed by atoms with Gasteiger partial charge in [0, 0.05) is 23.9 Å². The van der Waals surface area contributed by atoms with Crippen molar-refractivity contribution in [3.05, 3.63) is 41.6 Å². The van der Waals surface area contributed by atoms with Gasteiger partial charge in [0.1, 0.15) is 5.82 Å². The van der Waals surface area contributed by atoms with Gasteiger partial charge in [0.15, 0.2) is 5.82 Å². The smallest absolute Gasteiger partial charge is 0.254 e. The standard InChI is InChI=1S/C16H19N5/c1-4-9-17-14-10-12(3)18-16-19-15(20-21(14)16)13-8-6-5-7-11(13)2/h5-8,10,17H,4,9H2,1-3H3. The summed E-state index contributed by atoms with van der Waals surface area (Å²) in [7, 11) is 0. The van der Waals surface area contributed by atoms with Crippen LogP contribution in [0.4, 0.5) is 5.82 Å². The summed E-state index contributed by atoms with van der Waals surface area (Å²) in [5.41, 5.74) is 3.14. The van der Waals surface area contributed by atoms with Crippen molar-refractivity contribution in [3.8, 4) is 11.4 Å².